The average molecular weight is 311 g/mol. The van der Waals surface area contributed by atoms with Crippen LogP contribution in [0.4, 0.5) is 5.69 Å². The molecule has 2 atom stereocenters. The van der Waals surface area contributed by atoms with E-state index in [1.54, 1.807) is 19.2 Å². The standard InChI is InChI=1S/C19H21NO3/c1-11(2)17-18(12-4-6-13(21)7-5-12)15-10-14(23-3)8-9-16(15)20-19(17)22/h4-11,17-18,21H,1-3H3,(H,20,22). The predicted molar refractivity (Wildman–Crippen MR) is 89.9 cm³/mol. The zero-order valence-corrected chi connectivity index (χ0v) is 13.5. The summed E-state index contributed by atoms with van der Waals surface area (Å²) in [4.78, 5) is 12.6. The second-order valence-corrected chi connectivity index (χ2v) is 6.28. The summed E-state index contributed by atoms with van der Waals surface area (Å²) in [6.45, 7) is 4.12. The number of phenolic OH excluding ortho intramolecular Hbond substituents is 1. The number of ether oxygens (including phenoxy) is 1. The topological polar surface area (TPSA) is 58.6 Å². The normalized spacial score (nSPS) is 20.1. The van der Waals surface area contributed by atoms with Crippen molar-refractivity contribution in [3.8, 4) is 11.5 Å². The Kier molecular flexibility index (Phi) is 3.99. The fraction of sp³-hybridized carbons (Fsp3) is 0.316. The Morgan fingerprint density at radius 1 is 1.13 bits per heavy atom. The van der Waals surface area contributed by atoms with Gasteiger partial charge in [-0.1, -0.05) is 26.0 Å². The summed E-state index contributed by atoms with van der Waals surface area (Å²) in [6, 6.07) is 12.8. The SMILES string of the molecule is COc1ccc2c(c1)C(c1ccc(O)cc1)C(C(C)C)C(=O)N2. The molecule has 0 fully saturated rings. The Bertz CT molecular complexity index is 722. The molecule has 0 radical (unpaired) electrons. The van der Waals surface area contributed by atoms with Crippen LogP contribution in [-0.4, -0.2) is 18.1 Å². The van der Waals surface area contributed by atoms with Gasteiger partial charge in [0.25, 0.3) is 0 Å². The number of aromatic hydroxyl groups is 1. The molecule has 120 valence electrons. The minimum absolute atomic E-state index is 0.0377. The van der Waals surface area contributed by atoms with Crippen molar-refractivity contribution < 1.29 is 14.6 Å². The van der Waals surface area contributed by atoms with E-state index in [9.17, 15) is 9.90 Å². The first-order chi connectivity index (χ1) is 11.0. The van der Waals surface area contributed by atoms with Crippen LogP contribution in [0.25, 0.3) is 0 Å². The van der Waals surface area contributed by atoms with Crippen LogP contribution in [0, 0.1) is 11.8 Å². The molecule has 2 N–H and O–H groups in total. The minimum Gasteiger partial charge on any atom is -0.508 e. The molecule has 0 aromatic heterocycles. The maximum Gasteiger partial charge on any atom is 0.228 e. The number of phenols is 1. The van der Waals surface area contributed by atoms with Crippen molar-refractivity contribution in [2.75, 3.05) is 12.4 Å². The van der Waals surface area contributed by atoms with Crippen LogP contribution in [-0.2, 0) is 4.79 Å². The Labute approximate surface area is 136 Å². The van der Waals surface area contributed by atoms with Crippen molar-refractivity contribution in [3.05, 3.63) is 53.6 Å². The number of amides is 1. The summed E-state index contributed by atoms with van der Waals surface area (Å²) in [6.07, 6.45) is 0. The highest BCUT2D eigenvalue weighted by Gasteiger charge is 2.38. The van der Waals surface area contributed by atoms with E-state index in [1.807, 2.05) is 30.3 Å². The molecule has 0 bridgehead atoms. The van der Waals surface area contributed by atoms with Gasteiger partial charge in [0.15, 0.2) is 0 Å². The fourth-order valence-corrected chi connectivity index (χ4v) is 3.36. The minimum atomic E-state index is -0.167. The molecule has 0 spiro atoms. The summed E-state index contributed by atoms with van der Waals surface area (Å²) >= 11 is 0. The molecule has 4 nitrogen and oxygen atoms in total. The van der Waals surface area contributed by atoms with Gasteiger partial charge >= 0.3 is 0 Å². The number of carbonyl (C=O) groups excluding carboxylic acids is 1. The molecule has 1 aliphatic heterocycles. The zero-order valence-electron chi connectivity index (χ0n) is 13.5. The van der Waals surface area contributed by atoms with Crippen molar-refractivity contribution in [2.45, 2.75) is 19.8 Å². The van der Waals surface area contributed by atoms with Crippen LogP contribution < -0.4 is 10.1 Å². The first-order valence-corrected chi connectivity index (χ1v) is 7.79. The van der Waals surface area contributed by atoms with Gasteiger partial charge in [0.1, 0.15) is 11.5 Å². The number of hydrogen-bond acceptors (Lipinski definition) is 3. The molecule has 0 saturated heterocycles. The lowest BCUT2D eigenvalue weighted by Gasteiger charge is -2.36. The monoisotopic (exact) mass is 311 g/mol. The lowest BCUT2D eigenvalue weighted by Crippen LogP contribution is -2.37. The van der Waals surface area contributed by atoms with Crippen molar-refractivity contribution in [3.63, 3.8) is 0 Å². The van der Waals surface area contributed by atoms with Gasteiger partial charge in [0, 0.05) is 11.6 Å². The van der Waals surface area contributed by atoms with Gasteiger partial charge in [-0.15, -0.1) is 0 Å². The van der Waals surface area contributed by atoms with Crippen LogP contribution in [0.1, 0.15) is 30.9 Å². The van der Waals surface area contributed by atoms with Crippen molar-refractivity contribution in [1.29, 1.82) is 0 Å². The second-order valence-electron chi connectivity index (χ2n) is 6.28. The van der Waals surface area contributed by atoms with E-state index < -0.39 is 0 Å². The lowest BCUT2D eigenvalue weighted by atomic mass is 9.72. The Balaban J connectivity index is 2.18. The molecule has 1 amide bonds. The maximum absolute atomic E-state index is 12.6. The number of carbonyl (C=O) groups is 1. The third-order valence-corrected chi connectivity index (χ3v) is 4.48. The Morgan fingerprint density at radius 3 is 2.43 bits per heavy atom. The molecular weight excluding hydrogens is 290 g/mol. The van der Waals surface area contributed by atoms with E-state index in [4.69, 9.17) is 4.74 Å². The van der Waals surface area contributed by atoms with Crippen LogP contribution in [0.2, 0.25) is 0 Å². The molecule has 3 rings (SSSR count). The van der Waals surface area contributed by atoms with E-state index in [0.717, 1.165) is 22.6 Å². The molecule has 2 unspecified atom stereocenters. The first kappa shape index (κ1) is 15.4. The quantitative estimate of drug-likeness (QED) is 0.907. The highest BCUT2D eigenvalue weighted by atomic mass is 16.5. The summed E-state index contributed by atoms with van der Waals surface area (Å²) in [5.41, 5.74) is 2.89. The average Bonchev–Trinajstić information content (AvgIpc) is 2.53. The van der Waals surface area contributed by atoms with E-state index in [0.29, 0.717) is 0 Å². The smallest absolute Gasteiger partial charge is 0.228 e. The number of rotatable bonds is 3. The van der Waals surface area contributed by atoms with E-state index in [-0.39, 0.29) is 29.4 Å². The van der Waals surface area contributed by atoms with Gasteiger partial charge in [-0.05, 0) is 47.4 Å². The van der Waals surface area contributed by atoms with Gasteiger partial charge in [-0.3, -0.25) is 4.79 Å². The van der Waals surface area contributed by atoms with Crippen LogP contribution in [0.15, 0.2) is 42.5 Å². The molecule has 0 aliphatic carbocycles. The lowest BCUT2D eigenvalue weighted by molar-refractivity contribution is -0.122. The van der Waals surface area contributed by atoms with Crippen molar-refractivity contribution >= 4 is 11.6 Å². The molecule has 2 aromatic carbocycles. The van der Waals surface area contributed by atoms with Gasteiger partial charge in [0.05, 0.1) is 13.0 Å². The van der Waals surface area contributed by atoms with E-state index >= 15 is 0 Å². The number of hydrogen-bond donors (Lipinski definition) is 2. The number of nitrogens with one attached hydrogen (secondary N) is 1. The van der Waals surface area contributed by atoms with E-state index in [2.05, 4.69) is 19.2 Å². The third-order valence-electron chi connectivity index (χ3n) is 4.48. The number of benzene rings is 2. The molecular formula is C19H21NO3. The van der Waals surface area contributed by atoms with Gasteiger partial charge in [-0.2, -0.15) is 0 Å². The zero-order chi connectivity index (χ0) is 16.6. The van der Waals surface area contributed by atoms with Crippen LogP contribution in [0.3, 0.4) is 0 Å². The Hall–Kier alpha value is -2.49. The molecule has 1 aliphatic rings. The molecule has 23 heavy (non-hydrogen) atoms. The first-order valence-electron chi connectivity index (χ1n) is 7.79. The highest BCUT2D eigenvalue weighted by molar-refractivity contribution is 5.97. The van der Waals surface area contributed by atoms with Gasteiger partial charge in [-0.25, -0.2) is 0 Å². The Morgan fingerprint density at radius 2 is 1.83 bits per heavy atom. The highest BCUT2D eigenvalue weighted by Crippen LogP contribution is 2.44. The van der Waals surface area contributed by atoms with Gasteiger partial charge < -0.3 is 15.2 Å². The van der Waals surface area contributed by atoms with Crippen LogP contribution >= 0.6 is 0 Å². The largest absolute Gasteiger partial charge is 0.508 e. The summed E-state index contributed by atoms with van der Waals surface area (Å²) < 4.78 is 5.35. The molecule has 4 heteroatoms. The molecule has 1 heterocycles. The number of methoxy groups -OCH3 is 1. The molecule has 2 aromatic rings. The number of anilines is 1. The number of fused-ring (bicyclic) bond motifs is 1. The second kappa shape index (κ2) is 5.95. The van der Waals surface area contributed by atoms with Gasteiger partial charge in [0.2, 0.25) is 5.91 Å². The fourth-order valence-electron chi connectivity index (χ4n) is 3.36. The molecule has 0 saturated carbocycles. The van der Waals surface area contributed by atoms with Crippen molar-refractivity contribution in [1.82, 2.24) is 0 Å². The van der Waals surface area contributed by atoms with Crippen LogP contribution in [0.5, 0.6) is 11.5 Å². The summed E-state index contributed by atoms with van der Waals surface area (Å²) in [5.74, 6) is 0.990. The van der Waals surface area contributed by atoms with Crippen molar-refractivity contribution in [2.24, 2.45) is 11.8 Å². The summed E-state index contributed by atoms with van der Waals surface area (Å²) in [5, 5.41) is 12.6. The summed E-state index contributed by atoms with van der Waals surface area (Å²) in [7, 11) is 1.64. The predicted octanol–water partition coefficient (Wildman–Crippen LogP) is 3.76. The van der Waals surface area contributed by atoms with E-state index in [1.165, 1.54) is 0 Å². The maximum atomic E-state index is 12.6. The third kappa shape index (κ3) is 2.77.